The first-order valence-corrected chi connectivity index (χ1v) is 7.80. The Labute approximate surface area is 144 Å². The van der Waals surface area contributed by atoms with Crippen LogP contribution >= 0.6 is 0 Å². The van der Waals surface area contributed by atoms with Crippen LogP contribution in [0.4, 0.5) is 0 Å². The van der Waals surface area contributed by atoms with Crippen molar-refractivity contribution in [3.8, 4) is 0 Å². The van der Waals surface area contributed by atoms with E-state index in [4.69, 9.17) is 5.11 Å². The van der Waals surface area contributed by atoms with Crippen LogP contribution in [0.1, 0.15) is 5.56 Å². The average Bonchev–Trinajstić information content (AvgIpc) is 2.64. The van der Waals surface area contributed by atoms with E-state index in [-0.39, 0.29) is 6.42 Å². The van der Waals surface area contributed by atoms with Crippen LogP contribution in [-0.2, 0) is 6.42 Å². The van der Waals surface area contributed by atoms with Gasteiger partial charge in [-0.25, -0.2) is 0 Å². The van der Waals surface area contributed by atoms with Gasteiger partial charge in [-0.3, -0.25) is 0 Å². The van der Waals surface area contributed by atoms with Gasteiger partial charge in [-0.2, -0.15) is 0 Å². The molecule has 8 atom stereocenters. The first-order valence-electron chi connectivity index (χ1n) is 7.80. The summed E-state index contributed by atoms with van der Waals surface area (Å²) in [5.74, 6) is 0. The number of aliphatic hydroxyl groups is 9. The van der Waals surface area contributed by atoms with Gasteiger partial charge in [0.2, 0.25) is 0 Å². The lowest BCUT2D eigenvalue weighted by Crippen LogP contribution is -2.56. The molecular formula is C16H26O9. The van der Waals surface area contributed by atoms with Crippen LogP contribution in [0.25, 0.3) is 0 Å². The number of aliphatic hydroxyl groups excluding tert-OH is 9. The third kappa shape index (κ3) is 5.96. The van der Waals surface area contributed by atoms with E-state index in [1.165, 1.54) is 0 Å². The third-order valence-corrected chi connectivity index (χ3v) is 4.01. The minimum atomic E-state index is -2.15. The minimum Gasteiger partial charge on any atom is -0.394 e. The predicted octanol–water partition coefficient (Wildman–Crippen LogP) is -3.89. The maximum absolute atomic E-state index is 9.96. The fourth-order valence-electron chi connectivity index (χ4n) is 2.35. The Kier molecular flexibility index (Phi) is 8.86. The summed E-state index contributed by atoms with van der Waals surface area (Å²) in [4.78, 5) is 0. The minimum absolute atomic E-state index is 0.0315. The van der Waals surface area contributed by atoms with Gasteiger partial charge in [-0.1, -0.05) is 30.3 Å². The molecule has 1 aromatic carbocycles. The molecule has 9 N–H and O–H groups in total. The average molecular weight is 362 g/mol. The van der Waals surface area contributed by atoms with Crippen LogP contribution in [-0.4, -0.2) is 101 Å². The Morgan fingerprint density at radius 1 is 0.560 bits per heavy atom. The number of rotatable bonds is 10. The summed E-state index contributed by atoms with van der Waals surface area (Å²) >= 11 is 0. The molecule has 0 aliphatic rings. The smallest absolute Gasteiger partial charge is 0.111 e. The number of hydrogen-bond acceptors (Lipinski definition) is 9. The van der Waals surface area contributed by atoms with Crippen molar-refractivity contribution in [3.05, 3.63) is 35.9 Å². The predicted molar refractivity (Wildman–Crippen MR) is 85.3 cm³/mol. The first kappa shape index (κ1) is 21.9. The van der Waals surface area contributed by atoms with Crippen LogP contribution in [0.5, 0.6) is 0 Å². The summed E-state index contributed by atoms with van der Waals surface area (Å²) in [6.07, 6.45) is -15.5. The maximum atomic E-state index is 9.96. The van der Waals surface area contributed by atoms with Crippen molar-refractivity contribution < 1.29 is 46.0 Å². The Morgan fingerprint density at radius 3 is 1.40 bits per heavy atom. The summed E-state index contributed by atoms with van der Waals surface area (Å²) in [6.45, 7) is -0.901. The van der Waals surface area contributed by atoms with E-state index in [9.17, 15) is 40.9 Å². The molecule has 0 bridgehead atoms. The molecule has 0 spiro atoms. The molecule has 0 amide bonds. The molecule has 0 fully saturated rings. The molecule has 9 heteroatoms. The fraction of sp³-hybridized carbons (Fsp3) is 0.625. The SMILES string of the molecule is OCC(O)C(O)C(O)C(O)C(O)C(O)C(O)C(O)Cc1ccccc1. The van der Waals surface area contributed by atoms with E-state index in [1.54, 1.807) is 30.3 Å². The van der Waals surface area contributed by atoms with Crippen molar-refractivity contribution in [1.29, 1.82) is 0 Å². The highest BCUT2D eigenvalue weighted by Crippen LogP contribution is 2.16. The second-order valence-electron chi connectivity index (χ2n) is 5.95. The molecule has 0 aliphatic heterocycles. The highest BCUT2D eigenvalue weighted by molar-refractivity contribution is 5.16. The van der Waals surface area contributed by atoms with E-state index >= 15 is 0 Å². The molecule has 8 unspecified atom stereocenters. The first-order chi connectivity index (χ1) is 11.7. The van der Waals surface area contributed by atoms with Crippen molar-refractivity contribution in [2.24, 2.45) is 0 Å². The van der Waals surface area contributed by atoms with Gasteiger partial charge in [-0.15, -0.1) is 0 Å². The summed E-state index contributed by atoms with van der Waals surface area (Å²) in [7, 11) is 0. The zero-order chi connectivity index (χ0) is 19.1. The van der Waals surface area contributed by atoms with Gasteiger partial charge in [0.05, 0.1) is 12.7 Å². The molecule has 0 radical (unpaired) electrons. The zero-order valence-corrected chi connectivity index (χ0v) is 13.4. The van der Waals surface area contributed by atoms with Gasteiger partial charge >= 0.3 is 0 Å². The second kappa shape index (κ2) is 10.1. The Bertz CT molecular complexity index is 486. The van der Waals surface area contributed by atoms with Crippen LogP contribution in [0.2, 0.25) is 0 Å². The van der Waals surface area contributed by atoms with E-state index in [1.807, 2.05) is 0 Å². The zero-order valence-electron chi connectivity index (χ0n) is 13.4. The van der Waals surface area contributed by atoms with Crippen molar-refractivity contribution in [3.63, 3.8) is 0 Å². The van der Waals surface area contributed by atoms with Gasteiger partial charge in [0, 0.05) is 6.42 Å². The summed E-state index contributed by atoms with van der Waals surface area (Å²) in [5, 5.41) is 86.6. The molecule has 0 aliphatic carbocycles. The van der Waals surface area contributed by atoms with Gasteiger partial charge in [0.25, 0.3) is 0 Å². The fourth-order valence-corrected chi connectivity index (χ4v) is 2.35. The lowest BCUT2D eigenvalue weighted by atomic mass is 9.91. The molecule has 0 saturated heterocycles. The number of hydrogen-bond donors (Lipinski definition) is 9. The normalized spacial score (nSPS) is 21.6. The Balaban J connectivity index is 2.67. The second-order valence-corrected chi connectivity index (χ2v) is 5.95. The molecule has 9 nitrogen and oxygen atoms in total. The third-order valence-electron chi connectivity index (χ3n) is 4.01. The van der Waals surface area contributed by atoms with E-state index in [2.05, 4.69) is 0 Å². The van der Waals surface area contributed by atoms with Crippen molar-refractivity contribution in [2.45, 2.75) is 55.3 Å². The van der Waals surface area contributed by atoms with Crippen molar-refractivity contribution in [2.75, 3.05) is 6.61 Å². The molecule has 0 aromatic heterocycles. The van der Waals surface area contributed by atoms with Gasteiger partial charge in [0.15, 0.2) is 0 Å². The lowest BCUT2D eigenvalue weighted by Gasteiger charge is -2.33. The summed E-state index contributed by atoms with van der Waals surface area (Å²) in [5.41, 5.74) is 0.665. The van der Waals surface area contributed by atoms with Crippen LogP contribution < -0.4 is 0 Å². The van der Waals surface area contributed by atoms with Gasteiger partial charge < -0.3 is 46.0 Å². The topological polar surface area (TPSA) is 182 Å². The van der Waals surface area contributed by atoms with E-state index in [0.29, 0.717) is 5.56 Å². The summed E-state index contributed by atoms with van der Waals surface area (Å²) in [6, 6.07) is 8.56. The molecular weight excluding hydrogens is 336 g/mol. The maximum Gasteiger partial charge on any atom is 0.111 e. The molecule has 0 heterocycles. The van der Waals surface area contributed by atoms with E-state index in [0.717, 1.165) is 0 Å². The molecule has 25 heavy (non-hydrogen) atoms. The number of benzene rings is 1. The molecule has 1 rings (SSSR count). The summed E-state index contributed by atoms with van der Waals surface area (Å²) < 4.78 is 0. The Hall–Kier alpha value is -1.14. The monoisotopic (exact) mass is 362 g/mol. The van der Waals surface area contributed by atoms with Crippen LogP contribution in [0, 0.1) is 0 Å². The molecule has 144 valence electrons. The highest BCUT2D eigenvalue weighted by atomic mass is 16.4. The molecule has 0 saturated carbocycles. The van der Waals surface area contributed by atoms with Crippen molar-refractivity contribution >= 4 is 0 Å². The highest BCUT2D eigenvalue weighted by Gasteiger charge is 2.40. The van der Waals surface area contributed by atoms with Gasteiger partial charge in [0.1, 0.15) is 42.7 Å². The van der Waals surface area contributed by atoms with E-state index < -0.39 is 55.4 Å². The Morgan fingerprint density at radius 2 is 0.960 bits per heavy atom. The van der Waals surface area contributed by atoms with Crippen LogP contribution in [0.15, 0.2) is 30.3 Å². The standard InChI is InChI=1S/C16H26O9/c17-7-10(19)12(21)14(23)16(25)15(24)13(22)11(20)9(18)6-8-4-2-1-3-5-8/h1-5,9-25H,6-7H2. The largest absolute Gasteiger partial charge is 0.394 e. The van der Waals surface area contributed by atoms with Gasteiger partial charge in [-0.05, 0) is 5.56 Å². The van der Waals surface area contributed by atoms with Crippen LogP contribution in [0.3, 0.4) is 0 Å². The quantitative estimate of drug-likeness (QED) is 0.201. The van der Waals surface area contributed by atoms with Crippen molar-refractivity contribution in [1.82, 2.24) is 0 Å². The lowest BCUT2D eigenvalue weighted by molar-refractivity contribution is -0.179. The molecule has 1 aromatic rings.